The van der Waals surface area contributed by atoms with Crippen molar-refractivity contribution < 1.29 is 13.3 Å². The average Bonchev–Trinajstić information content (AvgIpc) is 2.63. The van der Waals surface area contributed by atoms with E-state index < -0.39 is 20.3 Å². The Balaban J connectivity index is 2.08. The number of nitro groups is 1. The number of benzene rings is 1. The highest BCUT2D eigenvalue weighted by Gasteiger charge is 2.37. The van der Waals surface area contributed by atoms with Gasteiger partial charge in [0.25, 0.3) is 5.69 Å². The third-order valence-corrected chi connectivity index (χ3v) is 5.60. The average molecular weight is 298 g/mol. The smallest absolute Gasteiger partial charge is 0.272 e. The Hall–Kier alpha value is -1.47. The fraction of sp³-hybridized carbons (Fsp3) is 0.538. The van der Waals surface area contributed by atoms with Gasteiger partial charge in [-0.05, 0) is 25.8 Å². The third kappa shape index (κ3) is 3.34. The summed E-state index contributed by atoms with van der Waals surface area (Å²) in [6.07, 6.45) is 0.573. The molecule has 0 amide bonds. The van der Waals surface area contributed by atoms with Gasteiger partial charge in [-0.2, -0.15) is 0 Å². The Labute approximate surface area is 118 Å². The second kappa shape index (κ2) is 5.14. The molecule has 0 spiro atoms. The Morgan fingerprint density at radius 3 is 2.70 bits per heavy atom. The first-order chi connectivity index (χ1) is 9.21. The first kappa shape index (κ1) is 14.9. The second-order valence-corrected chi connectivity index (χ2v) is 7.82. The highest BCUT2D eigenvalue weighted by molar-refractivity contribution is 7.91. The molecule has 7 heteroatoms. The van der Waals surface area contributed by atoms with Gasteiger partial charge in [-0.3, -0.25) is 10.1 Å². The van der Waals surface area contributed by atoms with Crippen LogP contribution >= 0.6 is 0 Å². The zero-order valence-corrected chi connectivity index (χ0v) is 12.4. The van der Waals surface area contributed by atoms with Gasteiger partial charge in [0.05, 0.1) is 16.4 Å². The predicted molar refractivity (Wildman–Crippen MR) is 76.3 cm³/mol. The number of nitrogens with zero attached hydrogens (tertiary/aromatic N) is 1. The van der Waals surface area contributed by atoms with E-state index >= 15 is 0 Å². The van der Waals surface area contributed by atoms with Crippen LogP contribution in [0.4, 0.5) is 5.69 Å². The molecule has 0 radical (unpaired) electrons. The lowest BCUT2D eigenvalue weighted by molar-refractivity contribution is -0.385. The number of hydrogen-bond donors (Lipinski definition) is 1. The maximum atomic E-state index is 11.5. The van der Waals surface area contributed by atoms with Crippen LogP contribution in [0.3, 0.4) is 0 Å². The van der Waals surface area contributed by atoms with Crippen molar-refractivity contribution in [2.45, 2.75) is 32.4 Å². The molecule has 0 aliphatic carbocycles. The van der Waals surface area contributed by atoms with Crippen molar-refractivity contribution in [3.05, 3.63) is 39.4 Å². The number of nitrogens with one attached hydrogen (secondary N) is 1. The molecule has 1 aromatic carbocycles. The van der Waals surface area contributed by atoms with Crippen LogP contribution in [0, 0.1) is 17.0 Å². The summed E-state index contributed by atoms with van der Waals surface area (Å²) in [5, 5.41) is 14.1. The summed E-state index contributed by atoms with van der Waals surface area (Å²) in [6, 6.07) is 5.07. The van der Waals surface area contributed by atoms with Crippen LogP contribution in [0.5, 0.6) is 0 Å². The van der Waals surface area contributed by atoms with E-state index in [9.17, 15) is 18.5 Å². The normalized spacial score (nSPS) is 24.7. The summed E-state index contributed by atoms with van der Waals surface area (Å²) < 4.78 is 23.0. The van der Waals surface area contributed by atoms with Crippen LogP contribution in [0.25, 0.3) is 0 Å². The molecule has 110 valence electrons. The van der Waals surface area contributed by atoms with E-state index in [-0.39, 0.29) is 17.2 Å². The van der Waals surface area contributed by atoms with Gasteiger partial charge in [-0.15, -0.1) is 0 Å². The summed E-state index contributed by atoms with van der Waals surface area (Å²) in [5.41, 5.74) is 1.05. The SMILES string of the molecule is Cc1ccc(CNC2(C)CCS(=O)(=O)C2)cc1[N+](=O)[O-]. The number of nitro benzene ring substituents is 1. The molecule has 1 aliphatic heterocycles. The summed E-state index contributed by atoms with van der Waals surface area (Å²) in [4.78, 5) is 10.5. The minimum absolute atomic E-state index is 0.0912. The fourth-order valence-electron chi connectivity index (χ4n) is 2.43. The molecule has 20 heavy (non-hydrogen) atoms. The van der Waals surface area contributed by atoms with Crippen molar-refractivity contribution in [3.8, 4) is 0 Å². The fourth-order valence-corrected chi connectivity index (χ4v) is 4.55. The lowest BCUT2D eigenvalue weighted by atomic mass is 10.0. The van der Waals surface area contributed by atoms with Gasteiger partial charge in [0.1, 0.15) is 0 Å². The molecule has 1 fully saturated rings. The summed E-state index contributed by atoms with van der Waals surface area (Å²) in [6.45, 7) is 3.99. The van der Waals surface area contributed by atoms with Crippen molar-refractivity contribution in [1.82, 2.24) is 5.32 Å². The molecule has 6 nitrogen and oxygen atoms in total. The van der Waals surface area contributed by atoms with Gasteiger partial charge >= 0.3 is 0 Å². The van der Waals surface area contributed by atoms with Crippen LogP contribution in [0.1, 0.15) is 24.5 Å². The van der Waals surface area contributed by atoms with Crippen LogP contribution in [-0.2, 0) is 16.4 Å². The number of rotatable bonds is 4. The summed E-state index contributed by atoms with van der Waals surface area (Å²) in [5.74, 6) is 0.318. The van der Waals surface area contributed by atoms with Crippen molar-refractivity contribution in [3.63, 3.8) is 0 Å². The lowest BCUT2D eigenvalue weighted by Crippen LogP contribution is -2.42. The monoisotopic (exact) mass is 298 g/mol. The van der Waals surface area contributed by atoms with Gasteiger partial charge in [0.2, 0.25) is 0 Å². The molecular formula is C13H18N2O4S. The van der Waals surface area contributed by atoms with Crippen molar-refractivity contribution in [2.75, 3.05) is 11.5 Å². The molecular weight excluding hydrogens is 280 g/mol. The van der Waals surface area contributed by atoms with Crippen LogP contribution in [0.2, 0.25) is 0 Å². The Morgan fingerprint density at radius 2 is 2.15 bits per heavy atom. The molecule has 1 aromatic rings. The predicted octanol–water partition coefficient (Wildman–Crippen LogP) is 1.57. The minimum Gasteiger partial charge on any atom is -0.306 e. The van der Waals surface area contributed by atoms with E-state index in [1.807, 2.05) is 13.0 Å². The number of aryl methyl sites for hydroxylation is 1. The molecule has 1 aliphatic rings. The van der Waals surface area contributed by atoms with E-state index in [0.717, 1.165) is 5.56 Å². The molecule has 0 aromatic heterocycles. The first-order valence-corrected chi connectivity index (χ1v) is 8.22. The third-order valence-electron chi connectivity index (χ3n) is 3.69. The van der Waals surface area contributed by atoms with Crippen molar-refractivity contribution in [1.29, 1.82) is 0 Å². The summed E-state index contributed by atoms with van der Waals surface area (Å²) in [7, 11) is -2.96. The van der Waals surface area contributed by atoms with E-state index in [2.05, 4.69) is 5.32 Å². The highest BCUT2D eigenvalue weighted by atomic mass is 32.2. The van der Waals surface area contributed by atoms with Gasteiger partial charge in [0, 0.05) is 23.7 Å². The number of hydrogen-bond acceptors (Lipinski definition) is 5. The topological polar surface area (TPSA) is 89.3 Å². The molecule has 1 heterocycles. The van der Waals surface area contributed by atoms with Crippen LogP contribution in [-0.4, -0.2) is 30.4 Å². The second-order valence-electron chi connectivity index (χ2n) is 5.63. The van der Waals surface area contributed by atoms with E-state index in [1.165, 1.54) is 6.07 Å². The molecule has 1 atom stereocenters. The lowest BCUT2D eigenvalue weighted by Gasteiger charge is -2.24. The minimum atomic E-state index is -2.96. The maximum Gasteiger partial charge on any atom is 0.272 e. The molecule has 0 saturated carbocycles. The van der Waals surface area contributed by atoms with Crippen LogP contribution in [0.15, 0.2) is 18.2 Å². The standard InChI is InChI=1S/C13H18N2O4S/c1-10-3-4-11(7-12(10)15(16)17)8-14-13(2)5-6-20(18,19)9-13/h3-4,7,14H,5-6,8-9H2,1-2H3. The molecule has 1 saturated heterocycles. The summed E-state index contributed by atoms with van der Waals surface area (Å²) >= 11 is 0. The largest absolute Gasteiger partial charge is 0.306 e. The van der Waals surface area contributed by atoms with Gasteiger partial charge in [0.15, 0.2) is 9.84 Å². The number of sulfone groups is 1. The molecule has 1 N–H and O–H groups in total. The van der Waals surface area contributed by atoms with Gasteiger partial charge in [-0.1, -0.05) is 12.1 Å². The van der Waals surface area contributed by atoms with E-state index in [1.54, 1.807) is 13.0 Å². The van der Waals surface area contributed by atoms with Crippen LogP contribution < -0.4 is 5.32 Å². The van der Waals surface area contributed by atoms with Gasteiger partial charge < -0.3 is 5.32 Å². The Morgan fingerprint density at radius 1 is 1.45 bits per heavy atom. The highest BCUT2D eigenvalue weighted by Crippen LogP contribution is 2.24. The van der Waals surface area contributed by atoms with Crippen molar-refractivity contribution >= 4 is 15.5 Å². The molecule has 1 unspecified atom stereocenters. The van der Waals surface area contributed by atoms with Gasteiger partial charge in [-0.25, -0.2) is 8.42 Å². The maximum absolute atomic E-state index is 11.5. The Kier molecular flexibility index (Phi) is 3.84. The zero-order valence-electron chi connectivity index (χ0n) is 11.5. The molecule has 0 bridgehead atoms. The van der Waals surface area contributed by atoms with E-state index in [4.69, 9.17) is 0 Å². The van der Waals surface area contributed by atoms with E-state index in [0.29, 0.717) is 18.5 Å². The first-order valence-electron chi connectivity index (χ1n) is 6.40. The molecule has 2 rings (SSSR count). The van der Waals surface area contributed by atoms with Crippen molar-refractivity contribution in [2.24, 2.45) is 0 Å². The zero-order chi connectivity index (χ0) is 15.0. The quantitative estimate of drug-likeness (QED) is 0.673. The Bertz CT molecular complexity index is 642.